The Bertz CT molecular complexity index is 940. The third kappa shape index (κ3) is 6.60. The Morgan fingerprint density at radius 1 is 1.12 bits per heavy atom. The zero-order valence-corrected chi connectivity index (χ0v) is 20.6. The summed E-state index contributed by atoms with van der Waals surface area (Å²) >= 11 is 0. The minimum absolute atomic E-state index is 0.100. The molecule has 4 rings (SSSR count). The van der Waals surface area contributed by atoms with Gasteiger partial charge in [0.25, 0.3) is 0 Å². The Balaban J connectivity index is 1.27. The fourth-order valence-corrected chi connectivity index (χ4v) is 4.77. The standard InChI is InChI=1S/C28H38N4O2/c1-3-23(2)34-26-11-5-4-10-25(26)13-14-28(33)32-16-8-9-24(22-32)21-30-17-19-31(20-18-30)27-12-6-7-15-29-27/h4-7,10-15,23-24H,3,8-9,16-22H2,1-2H3. The summed E-state index contributed by atoms with van der Waals surface area (Å²) < 4.78 is 6.02. The van der Waals surface area contributed by atoms with Crippen LogP contribution in [0.3, 0.4) is 0 Å². The molecule has 2 unspecified atom stereocenters. The Hall–Kier alpha value is -2.86. The van der Waals surface area contributed by atoms with Gasteiger partial charge in [0, 0.05) is 63.6 Å². The van der Waals surface area contributed by atoms with Crippen LogP contribution in [0.1, 0.15) is 38.7 Å². The van der Waals surface area contributed by atoms with E-state index in [-0.39, 0.29) is 12.0 Å². The van der Waals surface area contributed by atoms with Crippen LogP contribution in [0.15, 0.2) is 54.7 Å². The molecule has 1 amide bonds. The van der Waals surface area contributed by atoms with Gasteiger partial charge in [0.2, 0.25) is 5.91 Å². The molecule has 6 nitrogen and oxygen atoms in total. The van der Waals surface area contributed by atoms with Gasteiger partial charge < -0.3 is 14.5 Å². The number of hydrogen-bond donors (Lipinski definition) is 0. The van der Waals surface area contributed by atoms with Crippen molar-refractivity contribution < 1.29 is 9.53 Å². The molecule has 0 N–H and O–H groups in total. The molecule has 2 saturated heterocycles. The van der Waals surface area contributed by atoms with E-state index >= 15 is 0 Å². The van der Waals surface area contributed by atoms with E-state index in [9.17, 15) is 4.79 Å². The minimum Gasteiger partial charge on any atom is -0.490 e. The number of nitrogens with zero attached hydrogens (tertiary/aromatic N) is 4. The number of para-hydroxylation sites is 1. The number of amides is 1. The zero-order valence-electron chi connectivity index (χ0n) is 20.6. The van der Waals surface area contributed by atoms with E-state index in [2.05, 4.69) is 34.7 Å². The molecule has 2 fully saturated rings. The molecule has 2 aliphatic heterocycles. The highest BCUT2D eigenvalue weighted by molar-refractivity contribution is 5.92. The molecule has 1 aromatic carbocycles. The average molecular weight is 463 g/mol. The van der Waals surface area contributed by atoms with Gasteiger partial charge in [-0.3, -0.25) is 9.69 Å². The van der Waals surface area contributed by atoms with Crippen molar-refractivity contribution in [1.82, 2.24) is 14.8 Å². The Labute approximate surface area is 204 Å². The molecule has 3 heterocycles. The molecule has 0 spiro atoms. The molecule has 2 aromatic rings. The number of piperidine rings is 1. The summed E-state index contributed by atoms with van der Waals surface area (Å²) in [4.78, 5) is 24.4. The average Bonchev–Trinajstić information content (AvgIpc) is 2.89. The number of anilines is 1. The minimum atomic E-state index is 0.100. The van der Waals surface area contributed by atoms with Crippen LogP contribution in [0, 0.1) is 5.92 Å². The summed E-state index contributed by atoms with van der Waals surface area (Å²) in [6, 6.07) is 14.0. The van der Waals surface area contributed by atoms with Crippen LogP contribution < -0.4 is 9.64 Å². The van der Waals surface area contributed by atoms with Gasteiger partial charge in [0.15, 0.2) is 0 Å². The van der Waals surface area contributed by atoms with Gasteiger partial charge in [-0.1, -0.05) is 31.2 Å². The lowest BCUT2D eigenvalue weighted by molar-refractivity contribution is -0.127. The summed E-state index contributed by atoms with van der Waals surface area (Å²) in [5.41, 5.74) is 0.954. The van der Waals surface area contributed by atoms with Crippen LogP contribution in [0.5, 0.6) is 5.75 Å². The van der Waals surface area contributed by atoms with Crippen molar-refractivity contribution in [2.45, 2.75) is 39.2 Å². The van der Waals surface area contributed by atoms with Crippen molar-refractivity contribution in [1.29, 1.82) is 0 Å². The summed E-state index contributed by atoms with van der Waals surface area (Å²) in [5.74, 6) is 2.54. The zero-order chi connectivity index (χ0) is 23.8. The third-order valence-corrected chi connectivity index (χ3v) is 6.92. The number of piperazine rings is 1. The molecular weight excluding hydrogens is 424 g/mol. The number of likely N-dealkylation sites (tertiary alicyclic amines) is 1. The SMILES string of the molecule is CCC(C)Oc1ccccc1C=CC(=O)N1CCCC(CN2CCN(c3ccccn3)CC2)C1. The molecule has 0 saturated carbocycles. The third-order valence-electron chi connectivity index (χ3n) is 6.92. The number of ether oxygens (including phenoxy) is 1. The quantitative estimate of drug-likeness (QED) is 0.547. The normalized spacial score (nSPS) is 20.5. The Kier molecular flexibility index (Phi) is 8.58. The first-order chi connectivity index (χ1) is 16.6. The molecule has 182 valence electrons. The van der Waals surface area contributed by atoms with Crippen molar-refractivity contribution >= 4 is 17.8 Å². The number of carbonyl (C=O) groups is 1. The van der Waals surface area contributed by atoms with E-state index in [0.29, 0.717) is 5.92 Å². The number of hydrogen-bond acceptors (Lipinski definition) is 5. The van der Waals surface area contributed by atoms with Gasteiger partial charge in [-0.2, -0.15) is 0 Å². The van der Waals surface area contributed by atoms with Crippen molar-refractivity contribution in [2.75, 3.05) is 50.7 Å². The first-order valence-corrected chi connectivity index (χ1v) is 12.7. The van der Waals surface area contributed by atoms with E-state index in [1.165, 1.54) is 6.42 Å². The van der Waals surface area contributed by atoms with Gasteiger partial charge in [-0.05, 0) is 56.4 Å². The predicted molar refractivity (Wildman–Crippen MR) is 138 cm³/mol. The number of benzene rings is 1. The molecule has 0 bridgehead atoms. The maximum atomic E-state index is 13.0. The van der Waals surface area contributed by atoms with E-state index in [0.717, 1.165) is 75.8 Å². The highest BCUT2D eigenvalue weighted by Crippen LogP contribution is 2.23. The molecule has 1 aromatic heterocycles. The number of pyridine rings is 1. The maximum absolute atomic E-state index is 13.0. The first kappa shape index (κ1) is 24.3. The second kappa shape index (κ2) is 12.0. The molecule has 6 heteroatoms. The van der Waals surface area contributed by atoms with Crippen LogP contribution in [-0.4, -0.2) is 72.6 Å². The molecule has 34 heavy (non-hydrogen) atoms. The molecule has 2 aliphatic rings. The van der Waals surface area contributed by atoms with Crippen molar-refractivity contribution in [2.24, 2.45) is 5.92 Å². The number of carbonyl (C=O) groups excluding carboxylic acids is 1. The highest BCUT2D eigenvalue weighted by atomic mass is 16.5. The fourth-order valence-electron chi connectivity index (χ4n) is 4.77. The highest BCUT2D eigenvalue weighted by Gasteiger charge is 2.26. The molecule has 0 aliphatic carbocycles. The van der Waals surface area contributed by atoms with Gasteiger partial charge in [0.05, 0.1) is 6.10 Å². The van der Waals surface area contributed by atoms with Crippen LogP contribution in [0.25, 0.3) is 6.08 Å². The summed E-state index contributed by atoms with van der Waals surface area (Å²) in [6.45, 7) is 11.0. The summed E-state index contributed by atoms with van der Waals surface area (Å²) in [6.07, 6.45) is 8.85. The van der Waals surface area contributed by atoms with Gasteiger partial charge >= 0.3 is 0 Å². The smallest absolute Gasteiger partial charge is 0.246 e. The number of rotatable bonds is 8. The van der Waals surface area contributed by atoms with E-state index in [4.69, 9.17) is 4.74 Å². The Morgan fingerprint density at radius 2 is 1.91 bits per heavy atom. The van der Waals surface area contributed by atoms with Gasteiger partial charge in [0.1, 0.15) is 11.6 Å². The van der Waals surface area contributed by atoms with E-state index < -0.39 is 0 Å². The molecule has 2 atom stereocenters. The number of aromatic nitrogens is 1. The Morgan fingerprint density at radius 3 is 2.68 bits per heavy atom. The second-order valence-corrected chi connectivity index (χ2v) is 9.48. The van der Waals surface area contributed by atoms with Crippen LogP contribution in [0.2, 0.25) is 0 Å². The lowest BCUT2D eigenvalue weighted by atomic mass is 9.97. The monoisotopic (exact) mass is 462 g/mol. The summed E-state index contributed by atoms with van der Waals surface area (Å²) in [7, 11) is 0. The first-order valence-electron chi connectivity index (χ1n) is 12.7. The topological polar surface area (TPSA) is 48.9 Å². The lowest BCUT2D eigenvalue weighted by Gasteiger charge is -2.39. The van der Waals surface area contributed by atoms with Crippen LogP contribution in [-0.2, 0) is 4.79 Å². The maximum Gasteiger partial charge on any atom is 0.246 e. The van der Waals surface area contributed by atoms with E-state index in [1.807, 2.05) is 53.6 Å². The summed E-state index contributed by atoms with van der Waals surface area (Å²) in [5, 5.41) is 0. The van der Waals surface area contributed by atoms with Crippen molar-refractivity contribution in [3.05, 3.63) is 60.3 Å². The van der Waals surface area contributed by atoms with Crippen molar-refractivity contribution in [3.8, 4) is 5.75 Å². The molecular formula is C28H38N4O2. The van der Waals surface area contributed by atoms with Gasteiger partial charge in [-0.25, -0.2) is 4.98 Å². The van der Waals surface area contributed by atoms with E-state index in [1.54, 1.807) is 6.08 Å². The largest absolute Gasteiger partial charge is 0.490 e. The molecule has 0 radical (unpaired) electrons. The lowest BCUT2D eigenvalue weighted by Crippen LogP contribution is -2.50. The van der Waals surface area contributed by atoms with Crippen LogP contribution >= 0.6 is 0 Å². The van der Waals surface area contributed by atoms with Crippen LogP contribution in [0.4, 0.5) is 5.82 Å². The van der Waals surface area contributed by atoms with Crippen molar-refractivity contribution in [3.63, 3.8) is 0 Å². The van der Waals surface area contributed by atoms with Gasteiger partial charge in [-0.15, -0.1) is 0 Å². The predicted octanol–water partition coefficient (Wildman–Crippen LogP) is 4.33. The second-order valence-electron chi connectivity index (χ2n) is 9.48. The fraction of sp³-hybridized carbons (Fsp3) is 0.500.